The second-order valence-electron chi connectivity index (χ2n) is 6.09. The molecule has 0 saturated carbocycles. The van der Waals surface area contributed by atoms with Crippen LogP contribution < -0.4 is 10.6 Å². The van der Waals surface area contributed by atoms with Gasteiger partial charge < -0.3 is 15.4 Å². The summed E-state index contributed by atoms with van der Waals surface area (Å²) < 4.78 is 7.36. The van der Waals surface area contributed by atoms with Gasteiger partial charge in [0.15, 0.2) is 0 Å². The Labute approximate surface area is 173 Å². The number of hydrogen-bond donors (Lipinski definition) is 2. The molecule has 8 heteroatoms. The van der Waals surface area contributed by atoms with Gasteiger partial charge >= 0.3 is 6.03 Å². The summed E-state index contributed by atoms with van der Waals surface area (Å²) in [5, 5.41) is 10.7. The monoisotopic (exact) mass is 418 g/mol. The second-order valence-corrected chi connectivity index (χ2v) is 6.90. The Hall–Kier alpha value is -2.54. The highest BCUT2D eigenvalue weighted by molar-refractivity contribution is 6.42. The number of halogens is 2. The van der Waals surface area contributed by atoms with Crippen molar-refractivity contribution in [2.24, 2.45) is 0 Å². The van der Waals surface area contributed by atoms with E-state index in [9.17, 15) is 4.79 Å². The quantitative estimate of drug-likeness (QED) is 0.519. The van der Waals surface area contributed by atoms with E-state index in [-0.39, 0.29) is 6.03 Å². The molecular weight excluding hydrogens is 399 g/mol. The number of ether oxygens (including phenoxy) is 1. The van der Waals surface area contributed by atoms with Gasteiger partial charge in [0.05, 0.1) is 41.7 Å². The Morgan fingerprint density at radius 1 is 1.07 bits per heavy atom. The summed E-state index contributed by atoms with van der Waals surface area (Å²) in [6, 6.07) is 14.9. The van der Waals surface area contributed by atoms with E-state index >= 15 is 0 Å². The lowest BCUT2D eigenvalue weighted by molar-refractivity contribution is 0.111. The van der Waals surface area contributed by atoms with Crippen LogP contribution in [0.3, 0.4) is 0 Å². The van der Waals surface area contributed by atoms with Gasteiger partial charge in [0.25, 0.3) is 0 Å². The summed E-state index contributed by atoms with van der Waals surface area (Å²) in [5.41, 5.74) is 2.59. The lowest BCUT2D eigenvalue weighted by Crippen LogP contribution is -2.28. The third kappa shape index (κ3) is 6.27. The minimum absolute atomic E-state index is 0.328. The van der Waals surface area contributed by atoms with Crippen LogP contribution in [0.15, 0.2) is 60.9 Å². The Kier molecular flexibility index (Phi) is 7.31. The van der Waals surface area contributed by atoms with E-state index in [0.29, 0.717) is 42.0 Å². The molecule has 2 aromatic carbocycles. The van der Waals surface area contributed by atoms with Crippen molar-refractivity contribution in [3.63, 3.8) is 0 Å². The van der Waals surface area contributed by atoms with E-state index in [1.807, 2.05) is 36.4 Å². The number of carbonyl (C=O) groups excluding carboxylic acids is 1. The molecule has 3 aromatic rings. The van der Waals surface area contributed by atoms with Crippen LogP contribution >= 0.6 is 23.2 Å². The van der Waals surface area contributed by atoms with Gasteiger partial charge in [0.2, 0.25) is 0 Å². The van der Waals surface area contributed by atoms with Gasteiger partial charge in [-0.3, -0.25) is 4.68 Å². The number of amides is 2. The number of hydrogen-bond acceptors (Lipinski definition) is 3. The van der Waals surface area contributed by atoms with E-state index < -0.39 is 0 Å². The van der Waals surface area contributed by atoms with Crippen molar-refractivity contribution >= 4 is 34.9 Å². The number of nitrogens with zero attached hydrogens (tertiary/aromatic N) is 2. The van der Waals surface area contributed by atoms with Crippen LogP contribution in [0, 0.1) is 0 Å². The molecule has 6 nitrogen and oxygen atoms in total. The van der Waals surface area contributed by atoms with Gasteiger partial charge in [-0.15, -0.1) is 0 Å². The molecule has 2 N–H and O–H groups in total. The first-order valence-electron chi connectivity index (χ1n) is 8.73. The van der Waals surface area contributed by atoms with Crippen molar-refractivity contribution in [3.05, 3.63) is 82.1 Å². The molecule has 1 heterocycles. The Balaban J connectivity index is 1.38. The van der Waals surface area contributed by atoms with Crippen molar-refractivity contribution in [1.82, 2.24) is 15.1 Å². The predicted octanol–water partition coefficient (Wildman–Crippen LogP) is 4.73. The highest BCUT2D eigenvalue weighted by Gasteiger charge is 2.06. The number of urea groups is 1. The molecule has 0 atom stereocenters. The zero-order valence-corrected chi connectivity index (χ0v) is 16.6. The van der Waals surface area contributed by atoms with Gasteiger partial charge in [0.1, 0.15) is 0 Å². The van der Waals surface area contributed by atoms with Gasteiger partial charge in [0, 0.05) is 12.7 Å². The van der Waals surface area contributed by atoms with Gasteiger partial charge in [-0.2, -0.15) is 5.10 Å². The van der Waals surface area contributed by atoms with E-state index in [1.54, 1.807) is 29.2 Å². The average molecular weight is 419 g/mol. The first-order valence-corrected chi connectivity index (χ1v) is 9.48. The van der Waals surface area contributed by atoms with Crippen LogP contribution in [0.4, 0.5) is 10.5 Å². The number of aromatic nitrogens is 2. The molecule has 0 aliphatic rings. The maximum Gasteiger partial charge on any atom is 0.319 e. The Morgan fingerprint density at radius 2 is 1.89 bits per heavy atom. The van der Waals surface area contributed by atoms with E-state index in [1.165, 1.54) is 0 Å². The second kappa shape index (κ2) is 10.1. The van der Waals surface area contributed by atoms with Crippen molar-refractivity contribution in [3.8, 4) is 0 Å². The zero-order valence-electron chi connectivity index (χ0n) is 15.1. The fraction of sp³-hybridized carbons (Fsp3) is 0.200. The lowest BCUT2D eigenvalue weighted by Gasteiger charge is -2.07. The minimum atomic E-state index is -0.328. The van der Waals surface area contributed by atoms with Gasteiger partial charge in [-0.25, -0.2) is 4.79 Å². The van der Waals surface area contributed by atoms with Gasteiger partial charge in [-0.05, 0) is 23.3 Å². The molecule has 0 fully saturated rings. The summed E-state index contributed by atoms with van der Waals surface area (Å²) in [6.07, 6.45) is 3.35. The van der Waals surface area contributed by atoms with Crippen LogP contribution in [0.5, 0.6) is 0 Å². The SMILES string of the molecule is O=C(NCc1ccc(Cl)c(Cl)c1)Nc1cnn(CCOCc2ccccc2)c1. The summed E-state index contributed by atoms with van der Waals surface area (Å²) >= 11 is 11.8. The van der Waals surface area contributed by atoms with Crippen molar-refractivity contribution < 1.29 is 9.53 Å². The number of rotatable bonds is 8. The third-order valence-corrected chi connectivity index (χ3v) is 4.64. The Bertz CT molecular complexity index is 916. The number of anilines is 1. The molecule has 0 saturated heterocycles. The maximum absolute atomic E-state index is 12.0. The highest BCUT2D eigenvalue weighted by atomic mass is 35.5. The van der Waals surface area contributed by atoms with E-state index in [0.717, 1.165) is 11.1 Å². The van der Waals surface area contributed by atoms with Crippen LogP contribution in [0.25, 0.3) is 0 Å². The zero-order chi connectivity index (χ0) is 19.8. The summed E-state index contributed by atoms with van der Waals surface area (Å²) in [7, 11) is 0. The topological polar surface area (TPSA) is 68.2 Å². The van der Waals surface area contributed by atoms with Gasteiger partial charge in [-0.1, -0.05) is 59.6 Å². The van der Waals surface area contributed by atoms with E-state index in [2.05, 4.69) is 15.7 Å². The molecule has 0 radical (unpaired) electrons. The number of benzene rings is 2. The maximum atomic E-state index is 12.0. The van der Waals surface area contributed by atoms with Crippen molar-refractivity contribution in [1.29, 1.82) is 0 Å². The van der Waals surface area contributed by atoms with Crippen LogP contribution in [-0.2, 0) is 24.4 Å². The lowest BCUT2D eigenvalue weighted by atomic mass is 10.2. The number of nitrogens with one attached hydrogen (secondary N) is 2. The first kappa shape index (κ1) is 20.2. The fourth-order valence-corrected chi connectivity index (χ4v) is 2.80. The molecule has 2 amide bonds. The van der Waals surface area contributed by atoms with Crippen LogP contribution in [0.2, 0.25) is 10.0 Å². The molecule has 3 rings (SSSR count). The van der Waals surface area contributed by atoms with Crippen LogP contribution in [-0.4, -0.2) is 22.4 Å². The largest absolute Gasteiger partial charge is 0.375 e. The summed E-state index contributed by atoms with van der Waals surface area (Å²) in [6.45, 7) is 2.02. The van der Waals surface area contributed by atoms with E-state index in [4.69, 9.17) is 27.9 Å². The predicted molar refractivity (Wildman–Crippen MR) is 111 cm³/mol. The Morgan fingerprint density at radius 3 is 2.68 bits per heavy atom. The standard InChI is InChI=1S/C20H20Cl2N4O2/c21-18-7-6-16(10-19(18)22)11-23-20(27)25-17-12-24-26(13-17)8-9-28-14-15-4-2-1-3-5-15/h1-7,10,12-13H,8-9,11,14H2,(H2,23,25,27). The smallest absolute Gasteiger partial charge is 0.319 e. The first-order chi connectivity index (χ1) is 13.6. The molecule has 0 aliphatic carbocycles. The average Bonchev–Trinajstić information content (AvgIpc) is 3.14. The third-order valence-electron chi connectivity index (χ3n) is 3.90. The molecule has 0 aliphatic heterocycles. The molecule has 0 unspecified atom stereocenters. The number of carbonyl (C=O) groups is 1. The van der Waals surface area contributed by atoms with Crippen LogP contribution in [0.1, 0.15) is 11.1 Å². The molecular formula is C20H20Cl2N4O2. The fourth-order valence-electron chi connectivity index (χ4n) is 2.48. The minimum Gasteiger partial charge on any atom is -0.375 e. The summed E-state index contributed by atoms with van der Waals surface area (Å²) in [4.78, 5) is 12.0. The summed E-state index contributed by atoms with van der Waals surface area (Å²) in [5.74, 6) is 0. The normalized spacial score (nSPS) is 10.6. The van der Waals surface area contributed by atoms with Crippen molar-refractivity contribution in [2.45, 2.75) is 19.7 Å². The molecule has 1 aromatic heterocycles. The molecule has 146 valence electrons. The molecule has 28 heavy (non-hydrogen) atoms. The molecule has 0 spiro atoms. The highest BCUT2D eigenvalue weighted by Crippen LogP contribution is 2.22. The van der Waals surface area contributed by atoms with Crippen molar-refractivity contribution in [2.75, 3.05) is 11.9 Å². The molecule has 0 bridgehead atoms.